The normalized spacial score (nSPS) is 19.3. The van der Waals surface area contributed by atoms with Gasteiger partial charge in [0.2, 0.25) is 11.9 Å². The van der Waals surface area contributed by atoms with E-state index in [1.165, 1.54) is 0 Å². The fourth-order valence-corrected chi connectivity index (χ4v) is 13.3. The lowest BCUT2D eigenvalue weighted by molar-refractivity contribution is 0.669. The number of nitrogens with zero attached hydrogens (tertiary/aromatic N) is 10. The van der Waals surface area contributed by atoms with Gasteiger partial charge in [-0.05, 0) is 72.5 Å². The Kier molecular flexibility index (Phi) is 5.75. The van der Waals surface area contributed by atoms with Crippen LogP contribution in [-0.4, -0.2) is 48.2 Å². The monoisotopic (exact) mass is 1380 g/mol. The van der Waals surface area contributed by atoms with Crippen LogP contribution in [0, 0.1) is 0 Å². The van der Waals surface area contributed by atoms with E-state index in [1.54, 1.807) is 0 Å². The van der Waals surface area contributed by atoms with E-state index in [-0.39, 0.29) is 20.2 Å². The second-order valence-corrected chi connectivity index (χ2v) is 22.7. The van der Waals surface area contributed by atoms with Crippen LogP contribution in [0.3, 0.4) is 0 Å². The molecule has 11 nitrogen and oxygen atoms in total. The maximum absolute atomic E-state index is 9.67. The Bertz CT molecular complexity index is 9910. The van der Waals surface area contributed by atoms with Gasteiger partial charge in [-0.2, -0.15) is 19.9 Å². The molecule has 0 N–H and O–H groups in total. The molecule has 476 valence electrons. The van der Waals surface area contributed by atoms with Crippen molar-refractivity contribution in [2.45, 2.75) is 0 Å². The zero-order chi connectivity index (χ0) is 114. The Labute approximate surface area is 661 Å². The molecule has 12 heteroatoms. The average molecular weight is 1380 g/mol. The van der Waals surface area contributed by atoms with Gasteiger partial charge < -0.3 is 13.6 Å². The molecule has 8 aromatic heterocycles. The molecule has 0 spiro atoms. The molecule has 0 atom stereocenters. The van der Waals surface area contributed by atoms with Gasteiger partial charge in [0.15, 0.2) is 23.3 Å². The van der Waals surface area contributed by atoms with E-state index in [0.717, 1.165) is 18.3 Å². The number of fused-ring (bicyclic) bond motifs is 20. The highest BCUT2D eigenvalue weighted by Gasteiger charge is 2.27. The Morgan fingerprint density at radius 3 is 1.10 bits per heavy atom. The molecule has 22 aromatic rings. The molecule has 8 heterocycles. The highest BCUT2D eigenvalue weighted by molar-refractivity contribution is 7.26. The van der Waals surface area contributed by atoms with Gasteiger partial charge in [-0.15, -0.1) is 11.3 Å². The average Bonchev–Trinajstić information content (AvgIpc) is 1.51. The smallest absolute Gasteiger partial charge is 0.238 e. The van der Waals surface area contributed by atoms with Crippen LogP contribution < -0.4 is 0 Å². The Hall–Kier alpha value is -13.7. The number of thiophene rings is 1. The van der Waals surface area contributed by atoms with Gasteiger partial charge >= 0.3 is 0 Å². The minimum absolute atomic E-state index is 0.138. The van der Waals surface area contributed by atoms with Gasteiger partial charge in [-0.3, -0.25) is 9.13 Å². The van der Waals surface area contributed by atoms with Crippen molar-refractivity contribution >= 4 is 141 Å². The van der Waals surface area contributed by atoms with Gasteiger partial charge in [0.05, 0.1) is 124 Å². The standard InChI is InChI=1S/C45H27N5O.C45H27N5S/c2*1-3-14-28(15-4-1)43-46-44(36-22-13-21-35-32-20-9-12-25-39(32)51-42(35)36)48-45(47-43)50-38-24-11-8-19-31(38)34-27-26-33-30-18-7-10-23-37(30)49(40(33)41(34)50)29-16-5-2-6-17-29/h2*1-27H/i2*1D,2D,3D,4D,5D,6D,7D,8D,9D,10D,11D,12D,13D,14D,15D,16D,17D,18D,19D,20D,21D,22D,23D,24D,25D,26D,27D. The molecule has 102 heavy (non-hydrogen) atoms. The summed E-state index contributed by atoms with van der Waals surface area (Å²) in [5.41, 5.74) is -10.4. The van der Waals surface area contributed by atoms with Crippen molar-refractivity contribution in [1.82, 2.24) is 48.2 Å². The second-order valence-electron chi connectivity index (χ2n) is 21.7. The van der Waals surface area contributed by atoms with E-state index in [0.29, 0.717) is 11.3 Å². The first-order chi connectivity index (χ1) is 73.0. The minimum Gasteiger partial charge on any atom is -0.455 e. The van der Waals surface area contributed by atoms with E-state index in [4.69, 9.17) is 58.7 Å². The molecule has 0 saturated heterocycles. The predicted octanol–water partition coefficient (Wildman–Crippen LogP) is 23.1. The van der Waals surface area contributed by atoms with Crippen LogP contribution in [0.5, 0.6) is 0 Å². The first-order valence-electron chi connectivity index (χ1n) is 56.7. The van der Waals surface area contributed by atoms with E-state index in [9.17, 15) is 24.7 Å². The molecular formula is C90H54N10OS. The summed E-state index contributed by atoms with van der Waals surface area (Å²) in [6.45, 7) is 0. The zero-order valence-corrected chi connectivity index (χ0v) is 51.1. The summed E-state index contributed by atoms with van der Waals surface area (Å²) in [7, 11) is 0. The van der Waals surface area contributed by atoms with Crippen molar-refractivity contribution in [2.24, 2.45) is 0 Å². The molecule has 0 fully saturated rings. The van der Waals surface area contributed by atoms with Crippen molar-refractivity contribution in [3.8, 4) is 68.8 Å². The maximum Gasteiger partial charge on any atom is 0.238 e. The lowest BCUT2D eigenvalue weighted by atomic mass is 10.1. The summed E-state index contributed by atoms with van der Waals surface area (Å²) in [6.07, 6.45) is 0. The van der Waals surface area contributed by atoms with E-state index in [1.807, 2.05) is 0 Å². The SMILES string of the molecule is [2H]c1c([2H])c([2H])c(-c2nc(-c3c([2H])c([2H])c([2H])c4c3oc3c([2H])c([2H])c([2H])c([2H])c34)nc(-n3c4c([2H])c([2H])c([2H])c([2H])c4c4c([2H])c([2H])c5c6c([2H])c([2H])c([2H])c([2H])c6n(-c6c([2H])c([2H])c([2H])c([2H])c6[2H])c5c43)n2)c([2H])c1[2H].[2H]c1c([2H])c([2H])c(-c2nc(-c3c([2H])c([2H])c([2H])c4c3sc3c([2H])c([2H])c([2H])c([2H])c34)nc(-n3c4c([2H])c([2H])c([2H])c([2H])c4c4c([2H])c([2H])c5c6c([2H])c([2H])c([2H])c([2H])c6n(-c6c([2H])c([2H])c([2H])c([2H])c6[2H])c5c43)n2)c([2H])c1[2H]. The molecule has 0 aliphatic rings. The van der Waals surface area contributed by atoms with Gasteiger partial charge in [-0.25, -0.2) is 9.97 Å². The number of aromatic nitrogens is 10. The molecule has 0 aliphatic heterocycles. The van der Waals surface area contributed by atoms with Crippen LogP contribution in [0.2, 0.25) is 0 Å². The van der Waals surface area contributed by atoms with Crippen molar-refractivity contribution in [1.29, 1.82) is 0 Å². The summed E-state index contributed by atoms with van der Waals surface area (Å²) in [5, 5.41) is -5.85. The lowest BCUT2D eigenvalue weighted by Crippen LogP contribution is -2.07. The van der Waals surface area contributed by atoms with Crippen molar-refractivity contribution in [3.05, 3.63) is 326 Å². The van der Waals surface area contributed by atoms with Crippen LogP contribution in [0.15, 0.2) is 331 Å². The van der Waals surface area contributed by atoms with Gasteiger partial charge in [0.25, 0.3) is 0 Å². The largest absolute Gasteiger partial charge is 0.455 e. The van der Waals surface area contributed by atoms with E-state index < -0.39 is 504 Å². The lowest BCUT2D eigenvalue weighted by Gasteiger charge is -2.13. The van der Waals surface area contributed by atoms with Gasteiger partial charge in [-0.1, -0.05) is 254 Å². The number of hydrogen-bond donors (Lipinski definition) is 0. The van der Waals surface area contributed by atoms with Crippen LogP contribution in [0.1, 0.15) is 74.0 Å². The molecule has 22 rings (SSSR count). The van der Waals surface area contributed by atoms with Gasteiger partial charge in [0.1, 0.15) is 11.2 Å². The molecular weight excluding hydrogens is 1270 g/mol. The highest BCUT2D eigenvalue weighted by Crippen LogP contribution is 2.46. The third kappa shape index (κ3) is 8.86. The Balaban J connectivity index is 0.000000181. The summed E-state index contributed by atoms with van der Waals surface area (Å²) >= 11 is 0.638. The number of para-hydroxylation sites is 8. The quantitative estimate of drug-likeness (QED) is 0.149. The van der Waals surface area contributed by atoms with E-state index >= 15 is 0 Å². The third-order valence-corrected chi connectivity index (χ3v) is 17.4. The summed E-state index contributed by atoms with van der Waals surface area (Å²) in [4.78, 5) is 27.4. The van der Waals surface area contributed by atoms with Crippen molar-refractivity contribution in [2.75, 3.05) is 0 Å². The molecule has 0 aliphatic carbocycles. The number of furan rings is 1. The molecule has 0 saturated carbocycles. The third-order valence-electron chi connectivity index (χ3n) is 16.3. The topological polar surface area (TPSA) is 110 Å². The number of rotatable bonds is 8. The summed E-state index contributed by atoms with van der Waals surface area (Å²) < 4.78 is 491. The number of benzene rings is 14. The maximum atomic E-state index is 9.67. The minimum atomic E-state index is -0.969. The van der Waals surface area contributed by atoms with Crippen LogP contribution in [0.25, 0.3) is 198 Å². The van der Waals surface area contributed by atoms with Gasteiger partial charge in [0, 0.05) is 102 Å². The number of hydrogen-bond acceptors (Lipinski definition) is 8. The molecule has 0 unspecified atom stereocenters. The summed E-state index contributed by atoms with van der Waals surface area (Å²) in [6, 6.07) is -46.8. The van der Waals surface area contributed by atoms with Crippen LogP contribution in [0.4, 0.5) is 0 Å². The second kappa shape index (κ2) is 23.0. The fraction of sp³-hybridized carbons (Fsp3) is 0. The summed E-state index contributed by atoms with van der Waals surface area (Å²) in [5.74, 6) is -5.08. The molecule has 0 bridgehead atoms. The fourth-order valence-electron chi connectivity index (χ4n) is 12.3. The predicted molar refractivity (Wildman–Crippen MR) is 419 cm³/mol. The van der Waals surface area contributed by atoms with Crippen LogP contribution >= 0.6 is 11.3 Å². The highest BCUT2D eigenvalue weighted by atomic mass is 32.1. The zero-order valence-electron chi connectivity index (χ0n) is 104. The first kappa shape index (κ1) is 25.6. The Morgan fingerprint density at radius 1 is 0.255 bits per heavy atom. The van der Waals surface area contributed by atoms with Crippen molar-refractivity contribution < 1.29 is 78.4 Å². The van der Waals surface area contributed by atoms with Crippen LogP contribution in [-0.2, 0) is 0 Å². The molecule has 0 amide bonds. The molecule has 0 radical (unpaired) electrons. The first-order valence-corrected chi connectivity index (χ1v) is 30.5. The van der Waals surface area contributed by atoms with E-state index in [2.05, 4.69) is 24.9 Å². The Morgan fingerprint density at radius 2 is 0.608 bits per heavy atom. The molecule has 14 aromatic carbocycles. The van der Waals surface area contributed by atoms with Crippen molar-refractivity contribution in [3.63, 3.8) is 0 Å².